The van der Waals surface area contributed by atoms with Gasteiger partial charge in [0.05, 0.1) is 17.7 Å². The zero-order valence-electron chi connectivity index (χ0n) is 16.5. The summed E-state index contributed by atoms with van der Waals surface area (Å²) >= 11 is 0. The Morgan fingerprint density at radius 2 is 1.50 bits per heavy atom. The highest BCUT2D eigenvalue weighted by Crippen LogP contribution is 2.31. The zero-order chi connectivity index (χ0) is 19.3. The molecule has 1 aliphatic rings. The molecule has 0 spiro atoms. The van der Waals surface area contributed by atoms with Crippen LogP contribution in [0.25, 0.3) is 0 Å². The van der Waals surface area contributed by atoms with Crippen LogP contribution >= 0.6 is 0 Å². The van der Waals surface area contributed by atoms with E-state index in [0.29, 0.717) is 18.4 Å². The summed E-state index contributed by atoms with van der Waals surface area (Å²) in [5, 5.41) is 0. The SMILES string of the molecule is CC(C)C[C@H]1COC(c2cccc(C(c3ccccc3)c3ccccc3)n2)=N1. The highest BCUT2D eigenvalue weighted by molar-refractivity contribution is 5.93. The highest BCUT2D eigenvalue weighted by atomic mass is 16.5. The van der Waals surface area contributed by atoms with E-state index in [9.17, 15) is 0 Å². The van der Waals surface area contributed by atoms with E-state index < -0.39 is 0 Å². The molecule has 4 rings (SSSR count). The van der Waals surface area contributed by atoms with Gasteiger partial charge in [-0.25, -0.2) is 9.98 Å². The predicted octanol–water partition coefficient (Wildman–Crippen LogP) is 5.45. The van der Waals surface area contributed by atoms with Gasteiger partial charge < -0.3 is 4.74 Å². The van der Waals surface area contributed by atoms with Crippen LogP contribution in [-0.4, -0.2) is 23.5 Å². The molecule has 28 heavy (non-hydrogen) atoms. The summed E-state index contributed by atoms with van der Waals surface area (Å²) in [5.41, 5.74) is 4.28. The molecule has 0 N–H and O–H groups in total. The standard InChI is InChI=1S/C25H26N2O/c1-18(2)16-21-17-28-25(26-21)23-15-9-14-22(27-23)24(19-10-5-3-6-11-19)20-12-7-4-8-13-20/h3-15,18,21,24H,16-17H2,1-2H3/t21-/m0/s1. The van der Waals surface area contributed by atoms with Crippen molar-refractivity contribution in [1.29, 1.82) is 0 Å². The van der Waals surface area contributed by atoms with Crippen LogP contribution < -0.4 is 0 Å². The Labute approximate surface area is 167 Å². The highest BCUT2D eigenvalue weighted by Gasteiger charge is 2.24. The first-order chi connectivity index (χ1) is 13.7. The smallest absolute Gasteiger partial charge is 0.235 e. The van der Waals surface area contributed by atoms with E-state index in [-0.39, 0.29) is 12.0 Å². The molecule has 1 aliphatic heterocycles. The minimum atomic E-state index is 0.0795. The maximum atomic E-state index is 5.89. The van der Waals surface area contributed by atoms with E-state index >= 15 is 0 Å². The lowest BCUT2D eigenvalue weighted by Gasteiger charge is -2.18. The molecule has 3 aromatic rings. The average Bonchev–Trinajstić information content (AvgIpc) is 3.18. The van der Waals surface area contributed by atoms with Gasteiger partial charge in [0.25, 0.3) is 0 Å². The molecule has 0 amide bonds. The summed E-state index contributed by atoms with van der Waals surface area (Å²) in [5.74, 6) is 1.36. The number of hydrogen-bond donors (Lipinski definition) is 0. The van der Waals surface area contributed by atoms with E-state index in [1.54, 1.807) is 0 Å². The third kappa shape index (κ3) is 4.14. The molecule has 0 saturated carbocycles. The number of nitrogens with zero attached hydrogens (tertiary/aromatic N) is 2. The van der Waals surface area contributed by atoms with Gasteiger partial charge in [-0.05, 0) is 35.6 Å². The van der Waals surface area contributed by atoms with Crippen molar-refractivity contribution in [1.82, 2.24) is 4.98 Å². The van der Waals surface area contributed by atoms with Crippen LogP contribution in [0.4, 0.5) is 0 Å². The predicted molar refractivity (Wildman–Crippen MR) is 114 cm³/mol. The molecule has 0 saturated heterocycles. The maximum Gasteiger partial charge on any atom is 0.235 e. The summed E-state index contributed by atoms with van der Waals surface area (Å²) in [4.78, 5) is 9.74. The molecular weight excluding hydrogens is 344 g/mol. The second-order valence-electron chi connectivity index (χ2n) is 7.73. The Morgan fingerprint density at radius 1 is 0.857 bits per heavy atom. The molecule has 0 bridgehead atoms. The quantitative estimate of drug-likeness (QED) is 0.578. The lowest BCUT2D eigenvalue weighted by molar-refractivity contribution is 0.301. The van der Waals surface area contributed by atoms with Crippen molar-refractivity contribution >= 4 is 5.90 Å². The molecule has 2 heterocycles. The van der Waals surface area contributed by atoms with Gasteiger partial charge >= 0.3 is 0 Å². The van der Waals surface area contributed by atoms with Gasteiger partial charge in [0.15, 0.2) is 0 Å². The molecule has 1 atom stereocenters. The van der Waals surface area contributed by atoms with E-state index in [1.807, 2.05) is 18.2 Å². The van der Waals surface area contributed by atoms with Crippen molar-refractivity contribution in [2.24, 2.45) is 10.9 Å². The van der Waals surface area contributed by atoms with Crippen LogP contribution in [0.2, 0.25) is 0 Å². The lowest BCUT2D eigenvalue weighted by Crippen LogP contribution is -2.10. The van der Waals surface area contributed by atoms with Crippen LogP contribution in [0.5, 0.6) is 0 Å². The molecule has 142 valence electrons. The number of aliphatic imine (C=N–C) groups is 1. The molecule has 0 aliphatic carbocycles. The van der Waals surface area contributed by atoms with Crippen LogP contribution in [0.1, 0.15) is 48.7 Å². The molecule has 0 radical (unpaired) electrons. The van der Waals surface area contributed by atoms with Gasteiger partial charge in [-0.2, -0.15) is 0 Å². The Morgan fingerprint density at radius 3 is 2.11 bits per heavy atom. The fourth-order valence-corrected chi connectivity index (χ4v) is 3.78. The number of pyridine rings is 1. The lowest BCUT2D eigenvalue weighted by atomic mass is 9.88. The van der Waals surface area contributed by atoms with Gasteiger partial charge in [0.1, 0.15) is 12.3 Å². The van der Waals surface area contributed by atoms with Crippen LogP contribution in [0.3, 0.4) is 0 Å². The summed E-state index contributed by atoms with van der Waals surface area (Å²) in [6.07, 6.45) is 1.04. The Bertz CT molecular complexity index is 896. The van der Waals surface area contributed by atoms with Crippen molar-refractivity contribution in [3.05, 3.63) is 101 Å². The number of hydrogen-bond acceptors (Lipinski definition) is 3. The molecule has 3 nitrogen and oxygen atoms in total. The van der Waals surface area contributed by atoms with Gasteiger partial charge in [0, 0.05) is 0 Å². The largest absolute Gasteiger partial charge is 0.474 e. The second-order valence-corrected chi connectivity index (χ2v) is 7.73. The summed E-state index contributed by atoms with van der Waals surface area (Å²) in [7, 11) is 0. The van der Waals surface area contributed by atoms with E-state index in [1.165, 1.54) is 11.1 Å². The van der Waals surface area contributed by atoms with Gasteiger partial charge in [0.2, 0.25) is 5.90 Å². The summed E-state index contributed by atoms with van der Waals surface area (Å²) < 4.78 is 5.89. The Balaban J connectivity index is 1.70. The fourth-order valence-electron chi connectivity index (χ4n) is 3.78. The normalized spacial score (nSPS) is 16.3. The van der Waals surface area contributed by atoms with Gasteiger partial charge in [-0.15, -0.1) is 0 Å². The molecule has 3 heteroatoms. The monoisotopic (exact) mass is 370 g/mol. The van der Waals surface area contributed by atoms with Gasteiger partial charge in [-0.3, -0.25) is 0 Å². The summed E-state index contributed by atoms with van der Waals surface area (Å²) in [6.45, 7) is 5.09. The maximum absolute atomic E-state index is 5.89. The molecule has 0 fully saturated rings. The van der Waals surface area contributed by atoms with E-state index in [4.69, 9.17) is 14.7 Å². The first-order valence-electron chi connectivity index (χ1n) is 9.98. The first kappa shape index (κ1) is 18.4. The Kier molecular flexibility index (Phi) is 5.52. The van der Waals surface area contributed by atoms with Crippen LogP contribution in [-0.2, 0) is 4.74 Å². The third-order valence-corrected chi connectivity index (χ3v) is 5.01. The summed E-state index contributed by atoms with van der Waals surface area (Å²) in [6, 6.07) is 27.4. The zero-order valence-corrected chi connectivity index (χ0v) is 16.5. The van der Waals surface area contributed by atoms with Crippen LogP contribution in [0.15, 0.2) is 83.9 Å². The topological polar surface area (TPSA) is 34.5 Å². The average molecular weight is 370 g/mol. The van der Waals surface area contributed by atoms with Crippen molar-refractivity contribution in [3.63, 3.8) is 0 Å². The number of rotatable bonds is 6. The van der Waals surface area contributed by atoms with E-state index in [2.05, 4.69) is 74.5 Å². The second kappa shape index (κ2) is 8.39. The van der Waals surface area contributed by atoms with Crippen molar-refractivity contribution in [2.75, 3.05) is 6.61 Å². The number of benzene rings is 2. The fraction of sp³-hybridized carbons (Fsp3) is 0.280. The molecule has 0 unspecified atom stereocenters. The minimum absolute atomic E-state index is 0.0795. The van der Waals surface area contributed by atoms with Crippen molar-refractivity contribution in [3.8, 4) is 0 Å². The third-order valence-electron chi connectivity index (χ3n) is 5.01. The minimum Gasteiger partial charge on any atom is -0.474 e. The molecule has 2 aromatic carbocycles. The molecule has 1 aromatic heterocycles. The van der Waals surface area contributed by atoms with Crippen molar-refractivity contribution in [2.45, 2.75) is 32.2 Å². The molecular formula is C25H26N2O. The first-order valence-corrected chi connectivity index (χ1v) is 9.98. The van der Waals surface area contributed by atoms with Gasteiger partial charge in [-0.1, -0.05) is 80.6 Å². The van der Waals surface area contributed by atoms with Crippen LogP contribution in [0, 0.1) is 5.92 Å². The number of ether oxygens (including phenoxy) is 1. The van der Waals surface area contributed by atoms with Crippen molar-refractivity contribution < 1.29 is 4.74 Å². The number of aromatic nitrogens is 1. The Hall–Kier alpha value is -2.94. The van der Waals surface area contributed by atoms with E-state index in [0.717, 1.165) is 17.8 Å².